The number of hydrazone groups is 1. The highest BCUT2D eigenvalue weighted by Gasteiger charge is 2.32. The van der Waals surface area contributed by atoms with Crippen LogP contribution in [0.15, 0.2) is 71.3 Å². The molecule has 0 bridgehead atoms. The first-order chi connectivity index (χ1) is 12.2. The van der Waals surface area contributed by atoms with Crippen molar-refractivity contribution >= 4 is 33.7 Å². The Labute approximate surface area is 163 Å². The Kier molecular flexibility index (Phi) is 5.26. The van der Waals surface area contributed by atoms with E-state index in [0.29, 0.717) is 5.84 Å². The van der Waals surface area contributed by atoms with E-state index in [-0.39, 0.29) is 22.7 Å². The van der Waals surface area contributed by atoms with Gasteiger partial charge < -0.3 is 17.0 Å². The normalized spacial score (nSPS) is 13.3. The lowest BCUT2D eigenvalue weighted by atomic mass is 10.2. The van der Waals surface area contributed by atoms with Gasteiger partial charge >= 0.3 is 0 Å². The molecule has 0 radical (unpaired) electrons. The van der Waals surface area contributed by atoms with Gasteiger partial charge in [-0.2, -0.15) is 5.43 Å². The molecule has 1 aliphatic heterocycles. The fraction of sp³-hybridized carbons (Fsp3) is 0. The van der Waals surface area contributed by atoms with Crippen LogP contribution in [-0.4, -0.2) is 15.7 Å². The summed E-state index contributed by atoms with van der Waals surface area (Å²) in [6.45, 7) is 0. The van der Waals surface area contributed by atoms with Gasteiger partial charge in [0.1, 0.15) is 5.69 Å². The van der Waals surface area contributed by atoms with E-state index in [9.17, 15) is 10.1 Å². The van der Waals surface area contributed by atoms with Crippen molar-refractivity contribution < 1.29 is 27.3 Å². The number of amidine groups is 1. The summed E-state index contributed by atoms with van der Waals surface area (Å²) in [6.07, 6.45) is 1.72. The molecule has 2 N–H and O–H groups in total. The van der Waals surface area contributed by atoms with Crippen molar-refractivity contribution in [3.63, 3.8) is 0 Å². The molecule has 0 amide bonds. The molecule has 0 aliphatic carbocycles. The minimum atomic E-state index is -0.415. The first kappa shape index (κ1) is 18.0. The molecule has 1 aliphatic rings. The number of aromatic nitrogens is 1. The third kappa shape index (κ3) is 3.43. The molecule has 1 aromatic heterocycles. The molecular formula is C16H13BrN6O2S. The predicted molar refractivity (Wildman–Crippen MR) is 95.1 cm³/mol. The number of thiazole rings is 1. The average Bonchev–Trinajstić information content (AvgIpc) is 3.32. The van der Waals surface area contributed by atoms with Gasteiger partial charge in [-0.05, 0) is 24.3 Å². The lowest BCUT2D eigenvalue weighted by Crippen LogP contribution is -3.00. The second-order valence-electron chi connectivity index (χ2n) is 5.20. The van der Waals surface area contributed by atoms with Crippen LogP contribution in [0, 0.1) is 10.1 Å². The van der Waals surface area contributed by atoms with Gasteiger partial charge in [0.2, 0.25) is 5.13 Å². The van der Waals surface area contributed by atoms with Crippen LogP contribution in [0.4, 0.5) is 16.5 Å². The van der Waals surface area contributed by atoms with Crippen LogP contribution >= 0.6 is 11.3 Å². The summed E-state index contributed by atoms with van der Waals surface area (Å²) >= 11 is 1.48. The van der Waals surface area contributed by atoms with Gasteiger partial charge in [0.25, 0.3) is 11.5 Å². The summed E-state index contributed by atoms with van der Waals surface area (Å²) in [5, 5.41) is 21.7. The molecule has 8 nitrogen and oxygen atoms in total. The van der Waals surface area contributed by atoms with Gasteiger partial charge in [0.05, 0.1) is 10.5 Å². The highest BCUT2D eigenvalue weighted by molar-refractivity contribution is 7.13. The maximum absolute atomic E-state index is 10.8. The van der Waals surface area contributed by atoms with Crippen molar-refractivity contribution in [3.8, 4) is 0 Å². The fourth-order valence-corrected chi connectivity index (χ4v) is 3.04. The topological polar surface area (TPSA) is 91.5 Å². The SMILES string of the molecule is O=[N+]([O-])c1ccc(C2=NN(c3nccs3)N(c3ccccc3)[NH2+]2)cc1.[Br-]. The summed E-state index contributed by atoms with van der Waals surface area (Å²) in [5.41, 5.74) is 3.68. The zero-order valence-corrected chi connectivity index (χ0v) is 15.7. The summed E-state index contributed by atoms with van der Waals surface area (Å²) in [5.74, 6) is 0.703. The molecule has 26 heavy (non-hydrogen) atoms. The second-order valence-corrected chi connectivity index (χ2v) is 6.08. The molecule has 132 valence electrons. The Hall–Kier alpha value is -2.82. The van der Waals surface area contributed by atoms with Crippen LogP contribution in [-0.2, 0) is 0 Å². The minimum absolute atomic E-state index is 0. The highest BCUT2D eigenvalue weighted by atomic mass is 79.9. The Morgan fingerprint density at radius 1 is 1.08 bits per heavy atom. The molecule has 0 unspecified atom stereocenters. The Balaban J connectivity index is 0.00000196. The first-order valence-corrected chi connectivity index (χ1v) is 8.32. The number of anilines is 2. The number of hydrazine groups is 1. The molecule has 4 rings (SSSR count). The van der Waals surface area contributed by atoms with Gasteiger partial charge in [0, 0.05) is 23.7 Å². The quantitative estimate of drug-likeness (QED) is 0.329. The Bertz CT molecular complexity index is 918. The van der Waals surface area contributed by atoms with Gasteiger partial charge in [-0.15, -0.1) is 16.5 Å². The fourth-order valence-electron chi connectivity index (χ4n) is 2.45. The monoisotopic (exact) mass is 432 g/mol. The number of nitrogens with two attached hydrogens (primary N) is 1. The summed E-state index contributed by atoms with van der Waals surface area (Å²) in [6, 6.07) is 16.2. The number of halogens is 1. The maximum Gasteiger partial charge on any atom is 0.277 e. The van der Waals surface area contributed by atoms with E-state index in [1.807, 2.05) is 46.3 Å². The number of nitro groups is 1. The molecule has 3 aromatic rings. The largest absolute Gasteiger partial charge is 1.00 e. The number of quaternary nitrogens is 1. The first-order valence-electron chi connectivity index (χ1n) is 7.44. The third-order valence-corrected chi connectivity index (χ3v) is 4.37. The number of hydrogen-bond acceptors (Lipinski definition) is 7. The maximum atomic E-state index is 10.8. The summed E-state index contributed by atoms with van der Waals surface area (Å²) < 4.78 is 0. The third-order valence-electron chi connectivity index (χ3n) is 3.64. The van der Waals surface area contributed by atoms with Crippen LogP contribution in [0.3, 0.4) is 0 Å². The Morgan fingerprint density at radius 3 is 2.42 bits per heavy atom. The average molecular weight is 433 g/mol. The lowest BCUT2D eigenvalue weighted by molar-refractivity contribution is -0.545. The number of nitrogens with zero attached hydrogens (tertiary/aromatic N) is 5. The number of benzene rings is 2. The smallest absolute Gasteiger partial charge is 0.277 e. The van der Waals surface area contributed by atoms with Crippen molar-refractivity contribution in [3.05, 3.63) is 81.9 Å². The molecule has 2 heterocycles. The molecule has 0 saturated carbocycles. The number of para-hydroxylation sites is 1. The molecule has 0 saturated heterocycles. The number of rotatable bonds is 4. The molecular weight excluding hydrogens is 420 g/mol. The van der Waals surface area contributed by atoms with Gasteiger partial charge in [-0.25, -0.2) is 4.98 Å². The predicted octanol–water partition coefficient (Wildman–Crippen LogP) is -0.863. The molecule has 10 heteroatoms. The number of hydrogen-bond donors (Lipinski definition) is 1. The van der Waals surface area contributed by atoms with E-state index in [1.54, 1.807) is 23.4 Å². The molecule has 2 aromatic carbocycles. The van der Waals surface area contributed by atoms with Crippen molar-refractivity contribution in [2.24, 2.45) is 5.10 Å². The molecule has 0 spiro atoms. The molecule has 0 atom stereocenters. The highest BCUT2D eigenvalue weighted by Crippen LogP contribution is 2.24. The minimum Gasteiger partial charge on any atom is -1.00 e. The van der Waals surface area contributed by atoms with E-state index in [0.717, 1.165) is 16.4 Å². The van der Waals surface area contributed by atoms with Gasteiger partial charge in [-0.3, -0.25) is 10.1 Å². The van der Waals surface area contributed by atoms with E-state index in [4.69, 9.17) is 0 Å². The summed E-state index contributed by atoms with van der Waals surface area (Å²) in [4.78, 5) is 14.7. The number of non-ortho nitro benzene ring substituents is 1. The van der Waals surface area contributed by atoms with Crippen LogP contribution in [0.2, 0.25) is 0 Å². The zero-order chi connectivity index (χ0) is 17.2. The van der Waals surface area contributed by atoms with Crippen molar-refractivity contribution in [1.29, 1.82) is 0 Å². The van der Waals surface area contributed by atoms with Crippen LogP contribution in [0.1, 0.15) is 5.56 Å². The van der Waals surface area contributed by atoms with E-state index in [1.165, 1.54) is 23.5 Å². The van der Waals surface area contributed by atoms with Gasteiger partial charge in [0.15, 0.2) is 0 Å². The van der Waals surface area contributed by atoms with Crippen molar-refractivity contribution in [2.75, 3.05) is 10.2 Å². The van der Waals surface area contributed by atoms with Crippen LogP contribution < -0.4 is 32.6 Å². The van der Waals surface area contributed by atoms with E-state index < -0.39 is 4.92 Å². The van der Waals surface area contributed by atoms with E-state index >= 15 is 0 Å². The zero-order valence-electron chi connectivity index (χ0n) is 13.3. The number of nitro benzene ring substituents is 1. The Morgan fingerprint density at radius 2 is 1.81 bits per heavy atom. The molecule has 0 fully saturated rings. The lowest BCUT2D eigenvalue weighted by Gasteiger charge is -2.21. The van der Waals surface area contributed by atoms with Crippen LogP contribution in [0.25, 0.3) is 0 Å². The van der Waals surface area contributed by atoms with E-state index in [2.05, 4.69) is 10.1 Å². The van der Waals surface area contributed by atoms with Crippen molar-refractivity contribution in [2.45, 2.75) is 0 Å². The van der Waals surface area contributed by atoms with Crippen LogP contribution in [0.5, 0.6) is 0 Å². The second kappa shape index (κ2) is 7.60. The summed E-state index contributed by atoms with van der Waals surface area (Å²) in [7, 11) is 0. The van der Waals surface area contributed by atoms with Gasteiger partial charge in [-0.1, -0.05) is 28.4 Å². The standard InChI is InChI=1S/C16H12N6O2S.BrH/c23-22(24)14-8-6-12(7-9-14)15-18-20(13-4-2-1-3-5-13)21(19-15)16-17-10-11-25-16;/h1-11H,(H,18,19);1H. The van der Waals surface area contributed by atoms with Crippen molar-refractivity contribution in [1.82, 2.24) is 4.98 Å².